The highest BCUT2D eigenvalue weighted by Gasteiger charge is 2.23. The average Bonchev–Trinajstić information content (AvgIpc) is 3.51. The van der Waals surface area contributed by atoms with Gasteiger partial charge in [0, 0.05) is 38.4 Å². The fourth-order valence-corrected chi connectivity index (χ4v) is 3.28. The number of carbonyl (C=O) groups is 1. The molecule has 3 rings (SSSR count). The number of hydrogen-bond acceptors (Lipinski definition) is 4. The number of carbonyl (C=O) groups excluding carboxylic acids is 1. The maximum atomic E-state index is 11.7. The van der Waals surface area contributed by atoms with Gasteiger partial charge in [-0.25, -0.2) is 0 Å². The van der Waals surface area contributed by atoms with Gasteiger partial charge >= 0.3 is 0 Å². The molecule has 1 fully saturated rings. The molecule has 0 radical (unpaired) electrons. The van der Waals surface area contributed by atoms with Crippen LogP contribution in [0, 0.1) is 13.8 Å². The highest BCUT2D eigenvalue weighted by Crippen LogP contribution is 2.18. The predicted octanol–water partition coefficient (Wildman–Crippen LogP) is 2.57. The van der Waals surface area contributed by atoms with E-state index in [0.717, 1.165) is 57.0 Å². The molecule has 1 heterocycles. The van der Waals surface area contributed by atoms with Gasteiger partial charge in [-0.1, -0.05) is 12.1 Å². The number of aryl methyl sites for hydroxylation is 3. The molecule has 1 aromatic carbocycles. The molecule has 1 amide bonds. The van der Waals surface area contributed by atoms with Crippen molar-refractivity contribution in [2.75, 3.05) is 26.7 Å². The van der Waals surface area contributed by atoms with Crippen LogP contribution in [-0.2, 0) is 17.8 Å². The minimum absolute atomic E-state index is 0. The molecule has 0 bridgehead atoms. The Kier molecular flexibility index (Phi) is 10.8. The fourth-order valence-electron chi connectivity index (χ4n) is 3.28. The number of ether oxygens (including phenoxy) is 1. The monoisotopic (exact) mass is 554 g/mol. The Bertz CT molecular complexity index is 877. The Hall–Kier alpha value is -2.30. The van der Waals surface area contributed by atoms with E-state index < -0.39 is 0 Å². The number of benzene rings is 1. The summed E-state index contributed by atoms with van der Waals surface area (Å²) in [6.07, 6.45) is 4.01. The van der Waals surface area contributed by atoms with Gasteiger partial charge in [-0.15, -0.1) is 24.0 Å². The van der Waals surface area contributed by atoms with Crippen molar-refractivity contribution in [1.82, 2.24) is 25.7 Å². The molecule has 0 atom stereocenters. The number of rotatable bonds is 11. The van der Waals surface area contributed by atoms with Crippen LogP contribution in [0.2, 0.25) is 0 Å². The topological polar surface area (TPSA) is 92.6 Å². The van der Waals surface area contributed by atoms with E-state index in [1.165, 1.54) is 11.3 Å². The first-order valence-electron chi connectivity index (χ1n) is 11.0. The lowest BCUT2D eigenvalue weighted by Crippen LogP contribution is -2.39. The van der Waals surface area contributed by atoms with Crippen LogP contribution in [-0.4, -0.2) is 54.4 Å². The molecule has 0 saturated heterocycles. The quantitative estimate of drug-likeness (QED) is 0.172. The van der Waals surface area contributed by atoms with Crippen LogP contribution < -0.4 is 20.7 Å². The van der Waals surface area contributed by atoms with Crippen molar-refractivity contribution in [2.24, 2.45) is 4.99 Å². The Balaban J connectivity index is 0.00000363. The number of nitrogens with zero attached hydrogens (tertiary/aromatic N) is 3. The number of halogens is 1. The lowest BCUT2D eigenvalue weighted by molar-refractivity contribution is -0.123. The molecule has 1 aromatic heterocycles. The van der Waals surface area contributed by atoms with Gasteiger partial charge < -0.3 is 20.7 Å². The van der Waals surface area contributed by atoms with Crippen molar-refractivity contribution in [3.05, 3.63) is 47.3 Å². The second-order valence-electron chi connectivity index (χ2n) is 7.95. The van der Waals surface area contributed by atoms with Crippen LogP contribution >= 0.6 is 24.0 Å². The average molecular weight is 554 g/mol. The van der Waals surface area contributed by atoms with Gasteiger partial charge in [0.15, 0.2) is 12.6 Å². The summed E-state index contributed by atoms with van der Waals surface area (Å²) < 4.78 is 7.59. The van der Waals surface area contributed by atoms with Crippen molar-refractivity contribution >= 4 is 35.8 Å². The summed E-state index contributed by atoms with van der Waals surface area (Å²) in [5.74, 6) is 1.46. The number of guanidine groups is 1. The van der Waals surface area contributed by atoms with Gasteiger partial charge in [0.25, 0.3) is 5.91 Å². The second-order valence-corrected chi connectivity index (χ2v) is 7.95. The Morgan fingerprint density at radius 2 is 1.91 bits per heavy atom. The highest BCUT2D eigenvalue weighted by atomic mass is 127. The van der Waals surface area contributed by atoms with Crippen molar-refractivity contribution in [2.45, 2.75) is 52.1 Å². The van der Waals surface area contributed by atoms with E-state index in [4.69, 9.17) is 4.74 Å². The number of nitrogens with one attached hydrogen (secondary N) is 3. The van der Waals surface area contributed by atoms with Gasteiger partial charge in [-0.2, -0.15) is 5.10 Å². The first kappa shape index (κ1) is 26.0. The third-order valence-electron chi connectivity index (χ3n) is 5.11. The van der Waals surface area contributed by atoms with Crippen LogP contribution in [0.1, 0.15) is 36.2 Å². The van der Waals surface area contributed by atoms with Gasteiger partial charge in [0.1, 0.15) is 5.75 Å². The maximum Gasteiger partial charge on any atom is 0.258 e. The molecule has 0 spiro atoms. The van der Waals surface area contributed by atoms with Gasteiger partial charge in [0.05, 0.1) is 5.69 Å². The zero-order valence-corrected chi connectivity index (χ0v) is 21.5. The fraction of sp³-hybridized carbons (Fsp3) is 0.522. The molecule has 1 aliphatic carbocycles. The molecule has 0 unspecified atom stereocenters. The molecule has 3 N–H and O–H groups in total. The first-order chi connectivity index (χ1) is 15.0. The minimum Gasteiger partial charge on any atom is -0.484 e. The van der Waals surface area contributed by atoms with Crippen molar-refractivity contribution in [1.29, 1.82) is 0 Å². The van der Waals surface area contributed by atoms with Crippen LogP contribution in [0.25, 0.3) is 0 Å². The number of hydrogen-bond donors (Lipinski definition) is 3. The summed E-state index contributed by atoms with van der Waals surface area (Å²) in [5.41, 5.74) is 3.45. The standard InChI is InChI=1S/C23H34N6O2.HI/c1-17-15-18(2)29(28-17)14-4-12-25-23(24-3)26-13-11-19-5-9-21(10-6-19)31-16-22(30)27-20-7-8-20;/h5-6,9-10,15,20H,4,7-8,11-14,16H2,1-3H3,(H,27,30)(H2,24,25,26);1H. The van der Waals surface area contributed by atoms with Gasteiger partial charge in [-0.3, -0.25) is 14.5 Å². The second kappa shape index (κ2) is 13.3. The van der Waals surface area contributed by atoms with Crippen LogP contribution in [0.15, 0.2) is 35.3 Å². The van der Waals surface area contributed by atoms with Crippen molar-refractivity contribution < 1.29 is 9.53 Å². The Morgan fingerprint density at radius 3 is 2.53 bits per heavy atom. The molecule has 2 aromatic rings. The minimum atomic E-state index is -0.0514. The smallest absolute Gasteiger partial charge is 0.258 e. The van der Waals surface area contributed by atoms with Crippen molar-refractivity contribution in [3.8, 4) is 5.75 Å². The van der Waals surface area contributed by atoms with E-state index in [2.05, 4.69) is 39.0 Å². The number of aromatic nitrogens is 2. The number of amides is 1. The van der Waals surface area contributed by atoms with E-state index in [1.807, 2.05) is 35.9 Å². The summed E-state index contributed by atoms with van der Waals surface area (Å²) in [6.45, 7) is 6.67. The zero-order chi connectivity index (χ0) is 22.1. The molecular weight excluding hydrogens is 519 g/mol. The van der Waals surface area contributed by atoms with Crippen LogP contribution in [0.3, 0.4) is 0 Å². The summed E-state index contributed by atoms with van der Waals surface area (Å²) in [5, 5.41) is 14.1. The van der Waals surface area contributed by atoms with E-state index in [0.29, 0.717) is 11.8 Å². The molecule has 8 nitrogen and oxygen atoms in total. The lowest BCUT2D eigenvalue weighted by Gasteiger charge is -2.12. The third kappa shape index (κ3) is 9.05. The first-order valence-corrected chi connectivity index (χ1v) is 11.0. The normalized spacial score (nSPS) is 13.3. The van der Waals surface area contributed by atoms with Gasteiger partial charge in [-0.05, 0) is 63.3 Å². The van der Waals surface area contributed by atoms with E-state index in [1.54, 1.807) is 7.05 Å². The van der Waals surface area contributed by atoms with E-state index >= 15 is 0 Å². The molecule has 32 heavy (non-hydrogen) atoms. The Labute approximate surface area is 207 Å². The Morgan fingerprint density at radius 1 is 1.19 bits per heavy atom. The number of aliphatic imine (C=N–C) groups is 1. The molecule has 1 aliphatic rings. The SMILES string of the molecule is CN=C(NCCCn1nc(C)cc1C)NCCc1ccc(OCC(=O)NC2CC2)cc1.I. The van der Waals surface area contributed by atoms with E-state index in [-0.39, 0.29) is 36.5 Å². The molecule has 9 heteroatoms. The van der Waals surface area contributed by atoms with Gasteiger partial charge in [0.2, 0.25) is 0 Å². The molecule has 0 aliphatic heterocycles. The summed E-state index contributed by atoms with van der Waals surface area (Å²) >= 11 is 0. The van der Waals surface area contributed by atoms with Crippen LogP contribution in [0.4, 0.5) is 0 Å². The predicted molar refractivity (Wildman–Crippen MR) is 138 cm³/mol. The molecule has 1 saturated carbocycles. The maximum absolute atomic E-state index is 11.7. The highest BCUT2D eigenvalue weighted by molar-refractivity contribution is 14.0. The third-order valence-corrected chi connectivity index (χ3v) is 5.11. The summed E-state index contributed by atoms with van der Waals surface area (Å²) in [4.78, 5) is 16.0. The largest absolute Gasteiger partial charge is 0.484 e. The summed E-state index contributed by atoms with van der Waals surface area (Å²) in [7, 11) is 1.78. The van der Waals surface area contributed by atoms with Crippen molar-refractivity contribution in [3.63, 3.8) is 0 Å². The zero-order valence-electron chi connectivity index (χ0n) is 19.2. The van der Waals surface area contributed by atoms with E-state index in [9.17, 15) is 4.79 Å². The molecular formula is C23H35IN6O2. The van der Waals surface area contributed by atoms with Crippen LogP contribution in [0.5, 0.6) is 5.75 Å². The molecule has 176 valence electrons. The summed E-state index contributed by atoms with van der Waals surface area (Å²) in [6, 6.07) is 10.3. The lowest BCUT2D eigenvalue weighted by atomic mass is 10.1.